The fraction of sp³-hybridized carbons (Fsp3) is 0. The lowest BCUT2D eigenvalue weighted by Crippen LogP contribution is -2.04. The molecule has 0 bridgehead atoms. The van der Waals surface area contributed by atoms with E-state index in [4.69, 9.17) is 0 Å². The van der Waals surface area contributed by atoms with Gasteiger partial charge in [-0.1, -0.05) is 24.3 Å². The van der Waals surface area contributed by atoms with Crippen molar-refractivity contribution >= 4 is 23.1 Å². The molecule has 0 unspecified atom stereocenters. The molecule has 0 aliphatic heterocycles. The quantitative estimate of drug-likeness (QED) is 0.770. The van der Waals surface area contributed by atoms with E-state index in [-0.39, 0.29) is 17.3 Å². The molecule has 0 aliphatic carbocycles. The van der Waals surface area contributed by atoms with Gasteiger partial charge in [-0.05, 0) is 24.3 Å². The molecule has 0 saturated heterocycles. The minimum absolute atomic E-state index is 0.103. The highest BCUT2D eigenvalue weighted by Crippen LogP contribution is 2.20. The van der Waals surface area contributed by atoms with Gasteiger partial charge in [-0.2, -0.15) is 10.1 Å². The highest BCUT2D eigenvalue weighted by atomic mass is 19.1. The van der Waals surface area contributed by atoms with E-state index in [2.05, 4.69) is 25.8 Å². The maximum Gasteiger partial charge on any atom is 0.249 e. The zero-order valence-electron chi connectivity index (χ0n) is 11.3. The van der Waals surface area contributed by atoms with Crippen LogP contribution in [-0.4, -0.2) is 15.2 Å². The van der Waals surface area contributed by atoms with Crippen LogP contribution >= 0.6 is 0 Å². The van der Waals surface area contributed by atoms with Crippen LogP contribution in [0.4, 0.5) is 31.9 Å². The zero-order chi connectivity index (χ0) is 15.4. The van der Waals surface area contributed by atoms with Crippen molar-refractivity contribution in [3.8, 4) is 0 Å². The summed E-state index contributed by atoms with van der Waals surface area (Å²) in [5, 5.41) is 13.0. The molecule has 0 amide bonds. The number of halogens is 2. The predicted octanol–water partition coefficient (Wildman–Crippen LogP) is 3.64. The van der Waals surface area contributed by atoms with Crippen LogP contribution < -0.4 is 10.6 Å². The van der Waals surface area contributed by atoms with Crippen LogP contribution in [0.25, 0.3) is 0 Å². The van der Waals surface area contributed by atoms with Crippen molar-refractivity contribution in [3.05, 3.63) is 66.4 Å². The predicted molar refractivity (Wildman–Crippen MR) is 79.2 cm³/mol. The van der Waals surface area contributed by atoms with Crippen molar-refractivity contribution in [2.24, 2.45) is 0 Å². The third-order valence-electron chi connectivity index (χ3n) is 2.82. The van der Waals surface area contributed by atoms with Crippen molar-refractivity contribution in [1.29, 1.82) is 0 Å². The Morgan fingerprint density at radius 1 is 0.773 bits per heavy atom. The number of nitrogens with one attached hydrogen (secondary N) is 2. The molecule has 0 radical (unpaired) electrons. The fourth-order valence-electron chi connectivity index (χ4n) is 1.80. The summed E-state index contributed by atoms with van der Waals surface area (Å²) in [5.41, 5.74) is 0.493. The topological polar surface area (TPSA) is 62.7 Å². The second-order valence-electron chi connectivity index (χ2n) is 4.37. The number of hydrogen-bond acceptors (Lipinski definition) is 5. The third kappa shape index (κ3) is 3.14. The first-order valence-electron chi connectivity index (χ1n) is 6.45. The standard InChI is InChI=1S/C15H11F2N5/c16-10-5-1-3-7-12(10)19-14-9-18-22-15(21-14)20-13-8-4-2-6-11(13)17/h1-9H,(H2,19,20,21,22). The molecule has 5 nitrogen and oxygen atoms in total. The Bertz CT molecular complexity index is 731. The number of anilines is 4. The summed E-state index contributed by atoms with van der Waals surface area (Å²) >= 11 is 0. The highest BCUT2D eigenvalue weighted by Gasteiger charge is 2.06. The second-order valence-corrected chi connectivity index (χ2v) is 4.37. The molecule has 2 aromatic carbocycles. The number of hydrogen-bond donors (Lipinski definition) is 2. The van der Waals surface area contributed by atoms with E-state index in [1.807, 2.05) is 0 Å². The van der Waals surface area contributed by atoms with Gasteiger partial charge in [0.1, 0.15) is 11.6 Å². The van der Waals surface area contributed by atoms with Gasteiger partial charge in [0.2, 0.25) is 5.95 Å². The van der Waals surface area contributed by atoms with Crippen molar-refractivity contribution < 1.29 is 8.78 Å². The van der Waals surface area contributed by atoms with Crippen LogP contribution in [0.5, 0.6) is 0 Å². The van der Waals surface area contributed by atoms with Crippen molar-refractivity contribution in [2.45, 2.75) is 0 Å². The van der Waals surface area contributed by atoms with E-state index in [1.165, 1.54) is 18.3 Å². The molecule has 0 atom stereocenters. The minimum Gasteiger partial charge on any atom is -0.336 e. The first-order chi connectivity index (χ1) is 10.7. The first-order valence-corrected chi connectivity index (χ1v) is 6.45. The van der Waals surface area contributed by atoms with Gasteiger partial charge in [-0.3, -0.25) is 0 Å². The Kier molecular flexibility index (Phi) is 3.86. The monoisotopic (exact) mass is 299 g/mol. The van der Waals surface area contributed by atoms with Gasteiger partial charge in [0.15, 0.2) is 5.82 Å². The lowest BCUT2D eigenvalue weighted by atomic mass is 10.3. The lowest BCUT2D eigenvalue weighted by molar-refractivity contribution is 0.631. The molecule has 3 aromatic rings. The molecule has 22 heavy (non-hydrogen) atoms. The van der Waals surface area contributed by atoms with Crippen molar-refractivity contribution in [2.75, 3.05) is 10.6 Å². The highest BCUT2D eigenvalue weighted by molar-refractivity contribution is 5.59. The molecule has 110 valence electrons. The molecule has 0 saturated carbocycles. The molecular weight excluding hydrogens is 288 g/mol. The molecule has 0 fully saturated rings. The number of benzene rings is 2. The van der Waals surface area contributed by atoms with E-state index in [9.17, 15) is 8.78 Å². The normalized spacial score (nSPS) is 10.3. The number of aromatic nitrogens is 3. The Balaban J connectivity index is 1.81. The van der Waals surface area contributed by atoms with Gasteiger partial charge in [-0.25, -0.2) is 8.78 Å². The summed E-state index contributed by atoms with van der Waals surface area (Å²) < 4.78 is 27.2. The Hall–Kier alpha value is -3.09. The van der Waals surface area contributed by atoms with Gasteiger partial charge in [0.25, 0.3) is 0 Å². The molecular formula is C15H11F2N5. The Morgan fingerprint density at radius 2 is 1.36 bits per heavy atom. The number of nitrogens with zero attached hydrogens (tertiary/aromatic N) is 3. The molecule has 0 aliphatic rings. The molecule has 2 N–H and O–H groups in total. The van der Waals surface area contributed by atoms with Crippen LogP contribution in [0, 0.1) is 11.6 Å². The van der Waals surface area contributed by atoms with Crippen LogP contribution in [-0.2, 0) is 0 Å². The Morgan fingerprint density at radius 3 is 2.00 bits per heavy atom. The molecule has 1 aromatic heterocycles. The maximum absolute atomic E-state index is 13.6. The van der Waals surface area contributed by atoms with Gasteiger partial charge < -0.3 is 10.6 Å². The van der Waals surface area contributed by atoms with Gasteiger partial charge in [0, 0.05) is 0 Å². The van der Waals surface area contributed by atoms with Crippen LogP contribution in [0.15, 0.2) is 54.7 Å². The minimum atomic E-state index is -0.432. The van der Waals surface area contributed by atoms with Crippen molar-refractivity contribution in [3.63, 3.8) is 0 Å². The van der Waals surface area contributed by atoms with Crippen LogP contribution in [0.2, 0.25) is 0 Å². The number of para-hydroxylation sites is 2. The fourth-order valence-corrected chi connectivity index (χ4v) is 1.80. The third-order valence-corrected chi connectivity index (χ3v) is 2.82. The van der Waals surface area contributed by atoms with E-state index in [0.717, 1.165) is 0 Å². The maximum atomic E-state index is 13.6. The van der Waals surface area contributed by atoms with E-state index < -0.39 is 11.6 Å². The smallest absolute Gasteiger partial charge is 0.249 e. The number of rotatable bonds is 4. The Labute approximate surface area is 125 Å². The summed E-state index contributed by atoms with van der Waals surface area (Å²) in [5.74, 6) is -0.450. The van der Waals surface area contributed by atoms with Crippen LogP contribution in [0.3, 0.4) is 0 Å². The average molecular weight is 299 g/mol. The summed E-state index contributed by atoms with van der Waals surface area (Å²) in [7, 11) is 0. The van der Waals surface area contributed by atoms with Crippen LogP contribution in [0.1, 0.15) is 0 Å². The first kappa shape index (κ1) is 13.9. The SMILES string of the molecule is Fc1ccccc1Nc1cnnc(Nc2ccccc2F)n1. The summed E-state index contributed by atoms with van der Waals surface area (Å²) in [6.07, 6.45) is 1.35. The van der Waals surface area contributed by atoms with Gasteiger partial charge in [-0.15, -0.1) is 5.10 Å². The summed E-state index contributed by atoms with van der Waals surface area (Å²) in [6.45, 7) is 0. The van der Waals surface area contributed by atoms with Crippen molar-refractivity contribution in [1.82, 2.24) is 15.2 Å². The van der Waals surface area contributed by atoms with E-state index in [0.29, 0.717) is 5.82 Å². The molecule has 1 heterocycles. The zero-order valence-corrected chi connectivity index (χ0v) is 11.3. The van der Waals surface area contributed by atoms with E-state index in [1.54, 1.807) is 36.4 Å². The second kappa shape index (κ2) is 6.13. The largest absolute Gasteiger partial charge is 0.336 e. The summed E-state index contributed by atoms with van der Waals surface area (Å²) in [4.78, 5) is 4.12. The van der Waals surface area contributed by atoms with Gasteiger partial charge >= 0.3 is 0 Å². The van der Waals surface area contributed by atoms with Gasteiger partial charge in [0.05, 0.1) is 17.6 Å². The molecule has 0 spiro atoms. The lowest BCUT2D eigenvalue weighted by Gasteiger charge is -2.08. The molecule has 3 rings (SSSR count). The van der Waals surface area contributed by atoms with E-state index >= 15 is 0 Å². The average Bonchev–Trinajstić information content (AvgIpc) is 2.52. The summed E-state index contributed by atoms with van der Waals surface area (Å²) in [6, 6.07) is 12.3. The molecule has 7 heteroatoms.